The van der Waals surface area contributed by atoms with Crippen molar-refractivity contribution in [3.8, 4) is 6.07 Å². The lowest BCUT2D eigenvalue weighted by Crippen LogP contribution is -1.99. The molecule has 1 aromatic rings. The Morgan fingerprint density at radius 3 is 2.69 bits per heavy atom. The number of halogens is 3. The van der Waals surface area contributed by atoms with E-state index in [4.69, 9.17) is 11.0 Å². The molecule has 2 N–H and O–H groups in total. The molecule has 0 atom stereocenters. The van der Waals surface area contributed by atoms with Crippen molar-refractivity contribution in [1.29, 1.82) is 5.26 Å². The Bertz CT molecular complexity index is 373. The largest absolute Gasteiger partial charge is 0.383 e. The molecule has 0 aliphatic rings. The van der Waals surface area contributed by atoms with E-state index in [1.165, 1.54) is 0 Å². The van der Waals surface area contributed by atoms with Crippen molar-refractivity contribution in [2.45, 2.75) is 6.43 Å². The van der Waals surface area contributed by atoms with Crippen LogP contribution in [0.4, 0.5) is 14.6 Å². The van der Waals surface area contributed by atoms with Gasteiger partial charge in [0.15, 0.2) is 0 Å². The minimum absolute atomic E-state index is 0.0431. The summed E-state index contributed by atoms with van der Waals surface area (Å²) >= 11 is 2.87. The quantitative estimate of drug-likeness (QED) is 0.828. The summed E-state index contributed by atoms with van der Waals surface area (Å²) in [5.74, 6) is -0.102. The lowest BCUT2D eigenvalue weighted by Gasteiger charge is -2.05. The zero-order valence-corrected chi connectivity index (χ0v) is 7.85. The van der Waals surface area contributed by atoms with Crippen LogP contribution in [0.15, 0.2) is 10.5 Å². The summed E-state index contributed by atoms with van der Waals surface area (Å²) in [4.78, 5) is 3.57. The Kier molecular flexibility index (Phi) is 2.78. The van der Waals surface area contributed by atoms with Gasteiger partial charge in [-0.1, -0.05) is 0 Å². The van der Waals surface area contributed by atoms with Crippen LogP contribution in [0.5, 0.6) is 0 Å². The van der Waals surface area contributed by atoms with Crippen molar-refractivity contribution < 1.29 is 8.78 Å². The maximum Gasteiger partial charge on any atom is 0.265 e. The predicted octanol–water partition coefficient (Wildman–Crippen LogP) is 2.24. The fraction of sp³-hybridized carbons (Fsp3) is 0.143. The molecule has 0 saturated carbocycles. The number of rotatable bonds is 1. The van der Waals surface area contributed by atoms with Crippen molar-refractivity contribution in [2.24, 2.45) is 0 Å². The molecule has 3 nitrogen and oxygen atoms in total. The summed E-state index contributed by atoms with van der Waals surface area (Å²) in [6, 6.07) is 2.65. The van der Waals surface area contributed by atoms with E-state index in [2.05, 4.69) is 20.9 Å². The van der Waals surface area contributed by atoms with E-state index in [9.17, 15) is 8.78 Å². The first-order valence-electron chi connectivity index (χ1n) is 3.20. The molecule has 0 aliphatic heterocycles. The molecular formula is C7H4BrF2N3. The number of hydrogen-bond donors (Lipinski definition) is 1. The average Bonchev–Trinajstić information content (AvgIpc) is 2.09. The van der Waals surface area contributed by atoms with Gasteiger partial charge >= 0.3 is 0 Å². The molecule has 1 rings (SSSR count). The first-order valence-corrected chi connectivity index (χ1v) is 3.99. The van der Waals surface area contributed by atoms with Crippen LogP contribution in [0.2, 0.25) is 0 Å². The molecule has 1 aromatic heterocycles. The average molecular weight is 248 g/mol. The molecule has 6 heteroatoms. The van der Waals surface area contributed by atoms with Crippen LogP contribution in [0, 0.1) is 11.3 Å². The van der Waals surface area contributed by atoms with E-state index in [-0.39, 0.29) is 21.5 Å². The summed E-state index contributed by atoms with van der Waals surface area (Å²) in [6.45, 7) is 0. The molecule has 0 radical (unpaired) electrons. The van der Waals surface area contributed by atoms with E-state index in [0.717, 1.165) is 6.07 Å². The number of pyridine rings is 1. The van der Waals surface area contributed by atoms with Gasteiger partial charge in [0.2, 0.25) is 0 Å². The Morgan fingerprint density at radius 2 is 2.23 bits per heavy atom. The van der Waals surface area contributed by atoms with E-state index in [0.29, 0.717) is 0 Å². The standard InChI is InChI=1S/C7H4BrF2N3/c8-5-4(6(9)10)1-3(2-11)13-7(5)12/h1,6H,(H2,12,13). The van der Waals surface area contributed by atoms with Gasteiger partial charge < -0.3 is 5.73 Å². The molecule has 0 spiro atoms. The zero-order chi connectivity index (χ0) is 10.0. The lowest BCUT2D eigenvalue weighted by atomic mass is 10.2. The topological polar surface area (TPSA) is 62.7 Å². The van der Waals surface area contributed by atoms with Gasteiger partial charge in [-0.15, -0.1) is 0 Å². The molecule has 13 heavy (non-hydrogen) atoms. The summed E-state index contributed by atoms with van der Waals surface area (Å²) in [5, 5.41) is 8.43. The molecule has 0 unspecified atom stereocenters. The fourth-order valence-electron chi connectivity index (χ4n) is 0.786. The number of nitriles is 1. The lowest BCUT2D eigenvalue weighted by molar-refractivity contribution is 0.150. The first-order chi connectivity index (χ1) is 6.06. The van der Waals surface area contributed by atoms with Gasteiger partial charge in [0.25, 0.3) is 6.43 Å². The highest BCUT2D eigenvalue weighted by molar-refractivity contribution is 9.10. The third kappa shape index (κ3) is 1.92. The first kappa shape index (κ1) is 9.86. The normalized spacial score (nSPS) is 10.1. The van der Waals surface area contributed by atoms with E-state index >= 15 is 0 Å². The van der Waals surface area contributed by atoms with E-state index in [1.807, 2.05) is 0 Å². The zero-order valence-electron chi connectivity index (χ0n) is 6.26. The molecule has 1 heterocycles. The van der Waals surface area contributed by atoms with Crippen molar-refractivity contribution in [2.75, 3.05) is 5.73 Å². The monoisotopic (exact) mass is 247 g/mol. The highest BCUT2D eigenvalue weighted by Crippen LogP contribution is 2.30. The van der Waals surface area contributed by atoms with Crippen molar-refractivity contribution >= 4 is 21.7 Å². The highest BCUT2D eigenvalue weighted by Gasteiger charge is 2.15. The molecular weight excluding hydrogens is 244 g/mol. The summed E-state index contributed by atoms with van der Waals surface area (Å²) in [6.07, 6.45) is -2.67. The highest BCUT2D eigenvalue weighted by atomic mass is 79.9. The third-order valence-electron chi connectivity index (χ3n) is 1.36. The van der Waals surface area contributed by atoms with Crippen LogP contribution in [0.1, 0.15) is 17.7 Å². The van der Waals surface area contributed by atoms with E-state index < -0.39 is 6.43 Å². The molecule has 0 amide bonds. The number of nitrogen functional groups attached to an aromatic ring is 1. The number of hydrogen-bond acceptors (Lipinski definition) is 3. The Labute approximate surface area is 81.3 Å². The van der Waals surface area contributed by atoms with Crippen molar-refractivity contribution in [3.05, 3.63) is 21.8 Å². The predicted molar refractivity (Wildman–Crippen MR) is 46.0 cm³/mol. The maximum absolute atomic E-state index is 12.3. The molecule has 0 aromatic carbocycles. The number of nitrogens with two attached hydrogens (primary N) is 1. The molecule has 0 fully saturated rings. The van der Waals surface area contributed by atoms with Crippen LogP contribution in [-0.2, 0) is 0 Å². The van der Waals surface area contributed by atoms with Crippen LogP contribution < -0.4 is 5.73 Å². The second kappa shape index (κ2) is 3.66. The summed E-state index contributed by atoms with van der Waals surface area (Å²) in [5.41, 5.74) is 4.86. The van der Waals surface area contributed by atoms with Crippen LogP contribution >= 0.6 is 15.9 Å². The van der Waals surface area contributed by atoms with Crippen LogP contribution in [0.25, 0.3) is 0 Å². The van der Waals surface area contributed by atoms with Crippen LogP contribution in [-0.4, -0.2) is 4.98 Å². The van der Waals surface area contributed by atoms with Crippen LogP contribution in [0.3, 0.4) is 0 Å². The van der Waals surface area contributed by atoms with Gasteiger partial charge in [0, 0.05) is 5.56 Å². The van der Waals surface area contributed by atoms with E-state index in [1.54, 1.807) is 6.07 Å². The van der Waals surface area contributed by atoms with Gasteiger partial charge in [0.05, 0.1) is 4.47 Å². The number of anilines is 1. The van der Waals surface area contributed by atoms with Crippen molar-refractivity contribution in [1.82, 2.24) is 4.98 Å². The molecule has 0 bridgehead atoms. The molecule has 0 aliphatic carbocycles. The second-order valence-electron chi connectivity index (χ2n) is 2.21. The summed E-state index contributed by atoms with van der Waals surface area (Å²) < 4.78 is 24.6. The SMILES string of the molecule is N#Cc1cc(C(F)F)c(Br)c(N)n1. The number of nitrogens with zero attached hydrogens (tertiary/aromatic N) is 2. The molecule has 0 saturated heterocycles. The molecule has 68 valence electrons. The minimum Gasteiger partial charge on any atom is -0.383 e. The van der Waals surface area contributed by atoms with Gasteiger partial charge in [-0.05, 0) is 22.0 Å². The Hall–Kier alpha value is -1.22. The summed E-state index contributed by atoms with van der Waals surface area (Å²) in [7, 11) is 0. The Balaban J connectivity index is 3.35. The second-order valence-corrected chi connectivity index (χ2v) is 3.00. The third-order valence-corrected chi connectivity index (χ3v) is 2.23. The Morgan fingerprint density at radius 1 is 1.62 bits per heavy atom. The smallest absolute Gasteiger partial charge is 0.265 e. The van der Waals surface area contributed by atoms with Gasteiger partial charge in [0.1, 0.15) is 17.6 Å². The number of alkyl halides is 2. The van der Waals surface area contributed by atoms with Gasteiger partial charge in [-0.25, -0.2) is 13.8 Å². The number of aromatic nitrogens is 1. The fourth-order valence-corrected chi connectivity index (χ4v) is 1.16. The maximum atomic E-state index is 12.3. The van der Waals surface area contributed by atoms with Gasteiger partial charge in [-0.2, -0.15) is 5.26 Å². The minimum atomic E-state index is -2.67. The van der Waals surface area contributed by atoms with Gasteiger partial charge in [-0.3, -0.25) is 0 Å². The van der Waals surface area contributed by atoms with Crippen molar-refractivity contribution in [3.63, 3.8) is 0 Å².